The zero-order chi connectivity index (χ0) is 10.8. The molecule has 0 saturated carbocycles. The lowest BCUT2D eigenvalue weighted by Gasteiger charge is -2.29. The number of rotatable bonds is 3. The molecule has 1 saturated heterocycles. The van der Waals surface area contributed by atoms with Gasteiger partial charge in [0, 0.05) is 19.1 Å². The van der Waals surface area contributed by atoms with E-state index in [2.05, 4.69) is 25.7 Å². The van der Waals surface area contributed by atoms with Crippen molar-refractivity contribution in [1.29, 1.82) is 0 Å². The molecule has 84 valence electrons. The van der Waals surface area contributed by atoms with Crippen molar-refractivity contribution in [2.75, 3.05) is 26.2 Å². The number of likely N-dealkylation sites (tertiary alicyclic amines) is 1. The van der Waals surface area contributed by atoms with E-state index >= 15 is 0 Å². The summed E-state index contributed by atoms with van der Waals surface area (Å²) in [4.78, 5) is 2.33. The van der Waals surface area contributed by atoms with E-state index in [4.69, 9.17) is 10.8 Å². The van der Waals surface area contributed by atoms with Gasteiger partial charge in [-0.3, -0.25) is 4.90 Å². The Hall–Kier alpha value is -0.120. The molecule has 1 fully saturated rings. The highest BCUT2D eigenvalue weighted by molar-refractivity contribution is 4.87. The zero-order valence-electron chi connectivity index (χ0n) is 9.66. The highest BCUT2D eigenvalue weighted by Gasteiger charge is 2.33. The van der Waals surface area contributed by atoms with E-state index in [1.54, 1.807) is 0 Å². The van der Waals surface area contributed by atoms with Gasteiger partial charge in [0.05, 0.1) is 6.61 Å². The van der Waals surface area contributed by atoms with Crippen LogP contribution in [0.15, 0.2) is 0 Å². The second-order valence-corrected chi connectivity index (χ2v) is 5.42. The first-order valence-corrected chi connectivity index (χ1v) is 5.54. The van der Waals surface area contributed by atoms with Gasteiger partial charge in [-0.25, -0.2) is 0 Å². The van der Waals surface area contributed by atoms with Crippen LogP contribution in [-0.2, 0) is 0 Å². The lowest BCUT2D eigenvalue weighted by Crippen LogP contribution is -2.42. The van der Waals surface area contributed by atoms with Gasteiger partial charge in [-0.05, 0) is 24.3 Å². The third-order valence-corrected chi connectivity index (χ3v) is 3.44. The van der Waals surface area contributed by atoms with E-state index < -0.39 is 0 Å². The van der Waals surface area contributed by atoms with Crippen LogP contribution in [0.3, 0.4) is 0 Å². The van der Waals surface area contributed by atoms with Crippen LogP contribution in [0.5, 0.6) is 0 Å². The van der Waals surface area contributed by atoms with Gasteiger partial charge in [-0.15, -0.1) is 0 Å². The number of aliphatic hydroxyl groups is 1. The Kier molecular flexibility index (Phi) is 3.93. The lowest BCUT2D eigenvalue weighted by atomic mass is 9.80. The van der Waals surface area contributed by atoms with E-state index in [0.717, 1.165) is 19.0 Å². The van der Waals surface area contributed by atoms with Gasteiger partial charge in [0.15, 0.2) is 0 Å². The monoisotopic (exact) mass is 200 g/mol. The molecule has 3 heteroatoms. The van der Waals surface area contributed by atoms with Crippen molar-refractivity contribution in [1.82, 2.24) is 4.90 Å². The van der Waals surface area contributed by atoms with Crippen molar-refractivity contribution < 1.29 is 5.11 Å². The Labute approximate surface area is 87.3 Å². The Bertz CT molecular complexity index is 173. The minimum atomic E-state index is 0.169. The number of hydrogen-bond donors (Lipinski definition) is 2. The Morgan fingerprint density at radius 1 is 1.50 bits per heavy atom. The average molecular weight is 200 g/mol. The van der Waals surface area contributed by atoms with Crippen LogP contribution in [0, 0.1) is 11.3 Å². The van der Waals surface area contributed by atoms with Gasteiger partial charge in [-0.2, -0.15) is 0 Å². The molecule has 3 N–H and O–H groups in total. The molecule has 1 rings (SSSR count). The molecule has 0 bridgehead atoms. The third kappa shape index (κ3) is 2.69. The van der Waals surface area contributed by atoms with Crippen LogP contribution < -0.4 is 5.73 Å². The maximum atomic E-state index is 9.15. The van der Waals surface area contributed by atoms with Crippen LogP contribution in [-0.4, -0.2) is 42.3 Å². The lowest BCUT2D eigenvalue weighted by molar-refractivity contribution is 0.136. The third-order valence-electron chi connectivity index (χ3n) is 3.44. The zero-order valence-corrected chi connectivity index (χ0v) is 9.66. The molecule has 0 aromatic carbocycles. The first-order valence-electron chi connectivity index (χ1n) is 5.54. The summed E-state index contributed by atoms with van der Waals surface area (Å²) >= 11 is 0. The quantitative estimate of drug-likeness (QED) is 0.704. The Morgan fingerprint density at radius 2 is 2.14 bits per heavy atom. The summed E-state index contributed by atoms with van der Waals surface area (Å²) in [5.41, 5.74) is 5.99. The van der Waals surface area contributed by atoms with Crippen molar-refractivity contribution in [2.45, 2.75) is 33.2 Å². The molecule has 0 spiro atoms. The fraction of sp³-hybridized carbons (Fsp3) is 1.00. The maximum absolute atomic E-state index is 9.15. The molecular formula is C11H24N2O. The summed E-state index contributed by atoms with van der Waals surface area (Å²) in [5.74, 6) is 0.739. The average Bonchev–Trinajstić information content (AvgIpc) is 2.54. The van der Waals surface area contributed by atoms with Crippen LogP contribution in [0.25, 0.3) is 0 Å². The number of nitrogens with two attached hydrogens (primary N) is 1. The first kappa shape index (κ1) is 12.0. The molecule has 0 radical (unpaired) electrons. The summed E-state index contributed by atoms with van der Waals surface area (Å²) in [6.07, 6.45) is 1.24. The maximum Gasteiger partial charge on any atom is 0.0599 e. The van der Waals surface area contributed by atoms with E-state index in [9.17, 15) is 0 Å². The fourth-order valence-electron chi connectivity index (χ4n) is 2.16. The Balaban J connectivity index is 2.48. The van der Waals surface area contributed by atoms with E-state index in [0.29, 0.717) is 12.0 Å². The minimum absolute atomic E-state index is 0.169. The number of aliphatic hydroxyl groups excluding tert-OH is 1. The van der Waals surface area contributed by atoms with E-state index in [-0.39, 0.29) is 12.6 Å². The van der Waals surface area contributed by atoms with Gasteiger partial charge in [0.2, 0.25) is 0 Å². The second kappa shape index (κ2) is 4.60. The SMILES string of the molecule is CC(C)(C)C1CCN(C(CN)CO)C1. The summed E-state index contributed by atoms with van der Waals surface area (Å²) in [6, 6.07) is 0.169. The van der Waals surface area contributed by atoms with Crippen molar-refractivity contribution in [2.24, 2.45) is 17.1 Å². The van der Waals surface area contributed by atoms with Crippen LogP contribution >= 0.6 is 0 Å². The molecule has 2 unspecified atom stereocenters. The van der Waals surface area contributed by atoms with Gasteiger partial charge >= 0.3 is 0 Å². The standard InChI is InChI=1S/C11H24N2O/c1-11(2,3)9-4-5-13(7-9)10(6-12)8-14/h9-10,14H,4-8,12H2,1-3H3. The summed E-state index contributed by atoms with van der Waals surface area (Å²) < 4.78 is 0. The molecule has 0 aromatic heterocycles. The summed E-state index contributed by atoms with van der Waals surface area (Å²) in [5, 5.41) is 9.15. The first-order chi connectivity index (χ1) is 6.49. The molecule has 1 heterocycles. The molecule has 0 amide bonds. The number of nitrogens with zero attached hydrogens (tertiary/aromatic N) is 1. The fourth-order valence-corrected chi connectivity index (χ4v) is 2.16. The van der Waals surface area contributed by atoms with Gasteiger partial charge in [0.25, 0.3) is 0 Å². The molecule has 14 heavy (non-hydrogen) atoms. The summed E-state index contributed by atoms with van der Waals surface area (Å²) in [6.45, 7) is 9.80. The normalized spacial score (nSPS) is 26.8. The highest BCUT2D eigenvalue weighted by atomic mass is 16.3. The molecule has 0 aliphatic carbocycles. The highest BCUT2D eigenvalue weighted by Crippen LogP contribution is 2.34. The second-order valence-electron chi connectivity index (χ2n) is 5.42. The number of hydrogen-bond acceptors (Lipinski definition) is 3. The molecule has 2 atom stereocenters. The molecule has 0 aromatic rings. The van der Waals surface area contributed by atoms with Crippen molar-refractivity contribution in [3.05, 3.63) is 0 Å². The largest absolute Gasteiger partial charge is 0.395 e. The smallest absolute Gasteiger partial charge is 0.0599 e. The van der Waals surface area contributed by atoms with Gasteiger partial charge < -0.3 is 10.8 Å². The van der Waals surface area contributed by atoms with E-state index in [1.165, 1.54) is 6.42 Å². The van der Waals surface area contributed by atoms with Crippen molar-refractivity contribution >= 4 is 0 Å². The molecule has 3 nitrogen and oxygen atoms in total. The Morgan fingerprint density at radius 3 is 2.50 bits per heavy atom. The van der Waals surface area contributed by atoms with Crippen LogP contribution in [0.1, 0.15) is 27.2 Å². The molecule has 1 aliphatic rings. The van der Waals surface area contributed by atoms with Gasteiger partial charge in [-0.1, -0.05) is 20.8 Å². The van der Waals surface area contributed by atoms with Crippen molar-refractivity contribution in [3.8, 4) is 0 Å². The van der Waals surface area contributed by atoms with Crippen LogP contribution in [0.4, 0.5) is 0 Å². The molecular weight excluding hydrogens is 176 g/mol. The van der Waals surface area contributed by atoms with Crippen molar-refractivity contribution in [3.63, 3.8) is 0 Å². The topological polar surface area (TPSA) is 49.5 Å². The van der Waals surface area contributed by atoms with Gasteiger partial charge in [0.1, 0.15) is 0 Å². The predicted octanol–water partition coefficient (Wildman–Crippen LogP) is 0.674. The van der Waals surface area contributed by atoms with Crippen LogP contribution in [0.2, 0.25) is 0 Å². The molecule has 1 aliphatic heterocycles. The van der Waals surface area contributed by atoms with E-state index in [1.807, 2.05) is 0 Å². The predicted molar refractivity (Wildman–Crippen MR) is 59.1 cm³/mol. The summed E-state index contributed by atoms with van der Waals surface area (Å²) in [7, 11) is 0. The minimum Gasteiger partial charge on any atom is -0.395 e.